The molecule has 0 aliphatic carbocycles. The second-order valence-corrected chi connectivity index (χ2v) is 0.707. The highest BCUT2D eigenvalue weighted by molar-refractivity contribution is 6.89. The van der Waals surface area contributed by atoms with Gasteiger partial charge < -0.3 is 5.14 Å². The van der Waals surface area contributed by atoms with Gasteiger partial charge in [0.15, 0.2) is 7.98 Å². The molecule has 0 heterocycles. The monoisotopic (exact) mass is 53.1 g/mol. The summed E-state index contributed by atoms with van der Waals surface area (Å²) in [6.45, 7) is 0. The lowest BCUT2D eigenvalue weighted by molar-refractivity contribution is 1.67. The zero-order chi connectivity index (χ0) is 3.41. The molecule has 0 aliphatic rings. The summed E-state index contributed by atoms with van der Waals surface area (Å²) in [5.41, 5.74) is 0. The smallest absolute Gasteiger partial charge is 0.169 e. The van der Waals surface area contributed by atoms with E-state index < -0.39 is 0 Å². The maximum atomic E-state index is 2.93. The fraction of sp³-hybridized carbons (Fsp3) is 0. The SMILES string of the molecule is BBNB. The van der Waals surface area contributed by atoms with Crippen LogP contribution in [0, 0.1) is 0 Å². The van der Waals surface area contributed by atoms with Crippen molar-refractivity contribution in [1.29, 1.82) is 0 Å². The Labute approximate surface area is 29.2 Å². The van der Waals surface area contributed by atoms with Crippen LogP contribution in [-0.2, 0) is 0 Å². The van der Waals surface area contributed by atoms with E-state index in [4.69, 9.17) is 0 Å². The van der Waals surface area contributed by atoms with Crippen molar-refractivity contribution in [3.63, 3.8) is 0 Å². The second-order valence-electron chi connectivity index (χ2n) is 0.707. The quantitative estimate of drug-likeness (QED) is 0.314. The minimum atomic E-state index is 1.07. The lowest BCUT2D eigenvalue weighted by Gasteiger charge is -1.71. The summed E-state index contributed by atoms with van der Waals surface area (Å²) < 4.78 is 0. The molecular formula is H6B3N. The second kappa shape index (κ2) is 3.15. The summed E-state index contributed by atoms with van der Waals surface area (Å²) in [7, 11) is 5.07. The largest absolute Gasteiger partial charge is 0.413 e. The summed E-state index contributed by atoms with van der Waals surface area (Å²) in [6.07, 6.45) is 0. The molecule has 0 saturated heterocycles. The zero-order valence-electron chi connectivity index (χ0n) is 3.21. The van der Waals surface area contributed by atoms with Crippen LogP contribution < -0.4 is 5.14 Å². The highest BCUT2D eigenvalue weighted by Crippen LogP contribution is 1.13. The van der Waals surface area contributed by atoms with Gasteiger partial charge in [0.2, 0.25) is 0 Å². The van der Waals surface area contributed by atoms with Crippen molar-refractivity contribution < 1.29 is 0 Å². The molecule has 0 aromatic carbocycles. The standard InChI is InChI=1S/B3H6N/c1-3-4-2/h3-4H,1-2H2. The van der Waals surface area contributed by atoms with Crippen molar-refractivity contribution in [1.82, 2.24) is 5.14 Å². The lowest BCUT2D eigenvalue weighted by Crippen LogP contribution is -2.13. The van der Waals surface area contributed by atoms with Gasteiger partial charge in [0, 0.05) is 0 Å². The molecule has 0 fully saturated rings. The molecule has 0 aromatic heterocycles. The number of hydrogen-bond acceptors (Lipinski definition) is 1. The molecule has 0 rings (SSSR count). The van der Waals surface area contributed by atoms with Crippen molar-refractivity contribution in [2.45, 2.75) is 0 Å². The molecule has 0 radical (unpaired) electrons. The Morgan fingerprint density at radius 3 is 2.00 bits per heavy atom. The van der Waals surface area contributed by atoms with Crippen molar-refractivity contribution in [2.75, 3.05) is 0 Å². The van der Waals surface area contributed by atoms with Crippen LogP contribution in [0.15, 0.2) is 0 Å². The molecule has 4 heavy (non-hydrogen) atoms. The first-order valence-corrected chi connectivity index (χ1v) is 1.56. The van der Waals surface area contributed by atoms with E-state index in [9.17, 15) is 0 Å². The minimum Gasteiger partial charge on any atom is -0.413 e. The first-order chi connectivity index (χ1) is 1.91. The Morgan fingerprint density at radius 1 is 1.75 bits per heavy atom. The van der Waals surface area contributed by atoms with Gasteiger partial charge in [-0.15, -0.1) is 0 Å². The highest BCUT2D eigenvalue weighted by atomic mass is 14.6. The number of rotatable bonds is 1. The van der Waals surface area contributed by atoms with Crippen molar-refractivity contribution in [3.8, 4) is 0 Å². The molecule has 20 valence electrons. The maximum absolute atomic E-state index is 2.93. The zero-order valence-corrected chi connectivity index (χ0v) is 3.21. The average Bonchev–Trinajstić information content (AvgIpc) is 1.37. The topological polar surface area (TPSA) is 12.0 Å². The molecule has 0 saturated carbocycles. The van der Waals surface area contributed by atoms with Crippen LogP contribution in [0.3, 0.4) is 0 Å². The summed E-state index contributed by atoms with van der Waals surface area (Å²) in [4.78, 5) is 0. The van der Waals surface area contributed by atoms with Crippen LogP contribution in [0.2, 0.25) is 0 Å². The van der Waals surface area contributed by atoms with Gasteiger partial charge in [-0.25, -0.2) is 0 Å². The molecule has 0 spiro atoms. The van der Waals surface area contributed by atoms with E-state index in [0.717, 1.165) is 7.31 Å². The number of hydrogen-bond donors (Lipinski definition) is 1. The average molecular weight is 52.5 g/mol. The van der Waals surface area contributed by atoms with Crippen LogP contribution in [0.5, 0.6) is 0 Å². The van der Waals surface area contributed by atoms with Gasteiger partial charge in [-0.2, -0.15) is 0 Å². The van der Waals surface area contributed by atoms with E-state index in [0.29, 0.717) is 0 Å². The molecule has 0 amide bonds. The van der Waals surface area contributed by atoms with E-state index in [2.05, 4.69) is 12.9 Å². The summed E-state index contributed by atoms with van der Waals surface area (Å²) in [5, 5.41) is 2.93. The summed E-state index contributed by atoms with van der Waals surface area (Å²) >= 11 is 0. The molecular weight excluding hydrogens is 46.4 g/mol. The molecule has 0 unspecified atom stereocenters. The first kappa shape index (κ1) is 4.15. The molecule has 0 atom stereocenters. The fourth-order valence-corrected chi connectivity index (χ4v) is 0. The van der Waals surface area contributed by atoms with Gasteiger partial charge in [0.05, 0.1) is 7.74 Å². The number of nitrogens with one attached hydrogen (secondary N) is 1. The van der Waals surface area contributed by atoms with Crippen LogP contribution >= 0.6 is 0 Å². The van der Waals surface area contributed by atoms with E-state index >= 15 is 0 Å². The molecule has 1 N–H and O–H groups in total. The van der Waals surface area contributed by atoms with Gasteiger partial charge in [-0.1, -0.05) is 0 Å². The van der Waals surface area contributed by atoms with E-state index in [1.807, 2.05) is 7.98 Å². The predicted molar refractivity (Wildman–Crippen MR) is 27.4 cm³/mol. The van der Waals surface area contributed by atoms with Gasteiger partial charge >= 0.3 is 0 Å². The Hall–Kier alpha value is 0.155. The third-order valence-electron chi connectivity index (χ3n) is 0.354. The van der Waals surface area contributed by atoms with E-state index in [1.54, 1.807) is 0 Å². The molecule has 0 aliphatic heterocycles. The van der Waals surface area contributed by atoms with Crippen molar-refractivity contribution in [2.24, 2.45) is 0 Å². The fourth-order valence-electron chi connectivity index (χ4n) is 0. The highest BCUT2D eigenvalue weighted by Gasteiger charge is 1.59. The van der Waals surface area contributed by atoms with Gasteiger partial charge in [0.25, 0.3) is 0 Å². The Bertz CT molecular complexity index is 5.25. The van der Waals surface area contributed by atoms with Gasteiger partial charge in [-0.3, -0.25) is 0 Å². The molecule has 0 bridgehead atoms. The van der Waals surface area contributed by atoms with E-state index in [1.165, 1.54) is 0 Å². The Kier molecular flexibility index (Phi) is 3.28. The Morgan fingerprint density at radius 2 is 2.00 bits per heavy atom. The maximum Gasteiger partial charge on any atom is 0.169 e. The molecule has 0 aromatic rings. The van der Waals surface area contributed by atoms with Crippen LogP contribution in [0.25, 0.3) is 0 Å². The van der Waals surface area contributed by atoms with E-state index in [-0.39, 0.29) is 0 Å². The van der Waals surface area contributed by atoms with Crippen molar-refractivity contribution >= 4 is 23.0 Å². The lowest BCUT2D eigenvalue weighted by atomic mass is 9.66. The van der Waals surface area contributed by atoms with Gasteiger partial charge in [-0.05, 0) is 0 Å². The first-order valence-electron chi connectivity index (χ1n) is 1.56. The normalized spacial score (nSPS) is 6.00. The van der Waals surface area contributed by atoms with Gasteiger partial charge in [0.1, 0.15) is 7.31 Å². The minimum absolute atomic E-state index is 1.07. The van der Waals surface area contributed by atoms with Crippen LogP contribution in [0.1, 0.15) is 0 Å². The van der Waals surface area contributed by atoms with Crippen LogP contribution in [-0.4, -0.2) is 23.0 Å². The molecule has 1 nitrogen and oxygen atoms in total. The summed E-state index contributed by atoms with van der Waals surface area (Å²) in [5.74, 6) is 0. The van der Waals surface area contributed by atoms with Crippen molar-refractivity contribution in [3.05, 3.63) is 0 Å². The third kappa shape index (κ3) is 2.15. The summed E-state index contributed by atoms with van der Waals surface area (Å²) in [6, 6.07) is 0. The Balaban J connectivity index is 1.97. The predicted octanol–water partition coefficient (Wildman–Crippen LogP) is -2.98. The van der Waals surface area contributed by atoms with Crippen LogP contribution in [0.4, 0.5) is 0 Å². The molecule has 4 heteroatoms. The third-order valence-corrected chi connectivity index (χ3v) is 0.354.